The largest absolute Gasteiger partial charge is 0.545 e. The number of carbonyl (C=O) groups excluding carboxylic acids is 2. The van der Waals surface area contributed by atoms with E-state index < -0.39 is 5.97 Å². The number of carboxylic acids is 1. The Morgan fingerprint density at radius 3 is 2.28 bits per heavy atom. The highest BCUT2D eigenvalue weighted by Gasteiger charge is 2.23. The van der Waals surface area contributed by atoms with Crippen LogP contribution in [0, 0.1) is 0 Å². The van der Waals surface area contributed by atoms with E-state index in [4.69, 9.17) is 0 Å². The summed E-state index contributed by atoms with van der Waals surface area (Å²) in [4.78, 5) is 26.3. The third-order valence-corrected chi connectivity index (χ3v) is 3.28. The second-order valence-electron chi connectivity index (χ2n) is 4.58. The fourth-order valence-electron chi connectivity index (χ4n) is 2.11. The number of likely N-dealkylation sites (N-methyl/N-ethyl adjacent to an activating group) is 1. The summed E-state index contributed by atoms with van der Waals surface area (Å²) >= 11 is 0. The highest BCUT2D eigenvalue weighted by molar-refractivity contribution is 6.04. The molecule has 5 heteroatoms. The van der Waals surface area contributed by atoms with Crippen LogP contribution in [0.3, 0.4) is 0 Å². The lowest BCUT2D eigenvalue weighted by molar-refractivity contribution is -0.883. The summed E-state index contributed by atoms with van der Waals surface area (Å²) in [7, 11) is 2.08. The molecule has 1 heterocycles. The average Bonchev–Trinajstić information content (AvgIpc) is 2.39. The van der Waals surface area contributed by atoms with Gasteiger partial charge in [0.25, 0.3) is 5.91 Å². The number of hydrogen-bond donors (Lipinski definition) is 1. The molecule has 18 heavy (non-hydrogen) atoms. The second-order valence-corrected chi connectivity index (χ2v) is 4.58. The molecule has 1 aromatic carbocycles. The molecule has 1 aliphatic heterocycles. The smallest absolute Gasteiger partial charge is 0.254 e. The molecule has 1 saturated heterocycles. The predicted molar refractivity (Wildman–Crippen MR) is 63.3 cm³/mol. The van der Waals surface area contributed by atoms with Crippen molar-refractivity contribution in [3.63, 3.8) is 0 Å². The molecule has 1 fully saturated rings. The van der Waals surface area contributed by atoms with Crippen molar-refractivity contribution in [1.29, 1.82) is 0 Å². The fourth-order valence-corrected chi connectivity index (χ4v) is 2.11. The maximum atomic E-state index is 12.3. The Morgan fingerprint density at radius 2 is 1.72 bits per heavy atom. The van der Waals surface area contributed by atoms with Crippen molar-refractivity contribution < 1.29 is 19.6 Å². The van der Waals surface area contributed by atoms with E-state index in [2.05, 4.69) is 7.05 Å². The quantitative estimate of drug-likeness (QED) is 0.660. The number of carboxylic acid groups (broad SMARTS) is 1. The summed E-state index contributed by atoms with van der Waals surface area (Å²) in [6.45, 7) is 3.09. The normalized spacial score (nSPS) is 16.6. The third kappa shape index (κ3) is 2.51. The van der Waals surface area contributed by atoms with Gasteiger partial charge in [0.05, 0.1) is 39.2 Å². The Labute approximate surface area is 106 Å². The molecule has 2 rings (SSSR count). The number of quaternary nitrogens is 1. The van der Waals surface area contributed by atoms with Crippen LogP contribution in [0.4, 0.5) is 0 Å². The monoisotopic (exact) mass is 248 g/mol. The molecule has 0 radical (unpaired) electrons. The summed E-state index contributed by atoms with van der Waals surface area (Å²) in [5.74, 6) is -1.53. The lowest BCUT2D eigenvalue weighted by atomic mass is 10.1. The first-order valence-corrected chi connectivity index (χ1v) is 6.00. The first-order valence-electron chi connectivity index (χ1n) is 6.00. The SMILES string of the molecule is C[NH+]1CCN(C(=O)c2ccccc2C(=O)[O-])CC1. The number of hydrogen-bond acceptors (Lipinski definition) is 3. The Hall–Kier alpha value is -1.88. The van der Waals surface area contributed by atoms with E-state index in [1.807, 2.05) is 0 Å². The average molecular weight is 248 g/mol. The van der Waals surface area contributed by atoms with Gasteiger partial charge in [0.1, 0.15) is 0 Å². The van der Waals surface area contributed by atoms with Crippen LogP contribution in [0.15, 0.2) is 24.3 Å². The molecule has 0 bridgehead atoms. The lowest BCUT2D eigenvalue weighted by Gasteiger charge is -2.30. The summed E-state index contributed by atoms with van der Waals surface area (Å²) < 4.78 is 0. The minimum atomic E-state index is -1.31. The lowest BCUT2D eigenvalue weighted by Crippen LogP contribution is -3.12. The number of aromatic carboxylic acids is 1. The van der Waals surface area contributed by atoms with Crippen LogP contribution in [-0.4, -0.2) is 50.0 Å². The fraction of sp³-hybridized carbons (Fsp3) is 0.385. The van der Waals surface area contributed by atoms with Gasteiger partial charge in [-0.3, -0.25) is 4.79 Å². The number of piperazine rings is 1. The number of rotatable bonds is 2. The van der Waals surface area contributed by atoms with Gasteiger partial charge in [-0.1, -0.05) is 18.2 Å². The van der Waals surface area contributed by atoms with Crippen molar-refractivity contribution >= 4 is 11.9 Å². The zero-order valence-electron chi connectivity index (χ0n) is 10.3. The van der Waals surface area contributed by atoms with E-state index in [1.165, 1.54) is 11.0 Å². The Balaban J connectivity index is 2.21. The highest BCUT2D eigenvalue weighted by Crippen LogP contribution is 2.11. The van der Waals surface area contributed by atoms with Gasteiger partial charge in [-0.2, -0.15) is 0 Å². The van der Waals surface area contributed by atoms with E-state index in [1.54, 1.807) is 23.1 Å². The predicted octanol–water partition coefficient (Wildman–Crippen LogP) is -1.98. The van der Waals surface area contributed by atoms with Crippen LogP contribution in [0.2, 0.25) is 0 Å². The van der Waals surface area contributed by atoms with Crippen molar-refractivity contribution in [3.8, 4) is 0 Å². The Kier molecular flexibility index (Phi) is 3.62. The van der Waals surface area contributed by atoms with E-state index >= 15 is 0 Å². The number of carbonyl (C=O) groups is 2. The van der Waals surface area contributed by atoms with Crippen LogP contribution < -0.4 is 10.0 Å². The van der Waals surface area contributed by atoms with Crippen LogP contribution >= 0.6 is 0 Å². The molecule has 0 atom stereocenters. The molecule has 1 aromatic rings. The minimum absolute atomic E-state index is 0.0335. The molecule has 1 amide bonds. The van der Waals surface area contributed by atoms with Crippen LogP contribution in [0.25, 0.3) is 0 Å². The highest BCUT2D eigenvalue weighted by atomic mass is 16.4. The molecule has 0 aliphatic carbocycles. The van der Waals surface area contributed by atoms with Crippen LogP contribution in [0.1, 0.15) is 20.7 Å². The maximum Gasteiger partial charge on any atom is 0.254 e. The van der Waals surface area contributed by atoms with Gasteiger partial charge in [-0.15, -0.1) is 0 Å². The molecule has 0 aromatic heterocycles. The van der Waals surface area contributed by atoms with E-state index in [0.717, 1.165) is 13.1 Å². The van der Waals surface area contributed by atoms with E-state index in [9.17, 15) is 14.7 Å². The van der Waals surface area contributed by atoms with Gasteiger partial charge in [-0.05, 0) is 6.07 Å². The molecule has 0 spiro atoms. The molecule has 96 valence electrons. The third-order valence-electron chi connectivity index (χ3n) is 3.28. The summed E-state index contributed by atoms with van der Waals surface area (Å²) in [5.41, 5.74) is 0.186. The minimum Gasteiger partial charge on any atom is -0.545 e. The Bertz CT molecular complexity index is 465. The zero-order chi connectivity index (χ0) is 13.1. The topological polar surface area (TPSA) is 64.9 Å². The zero-order valence-corrected chi connectivity index (χ0v) is 10.3. The molecule has 5 nitrogen and oxygen atoms in total. The van der Waals surface area contributed by atoms with Crippen molar-refractivity contribution in [3.05, 3.63) is 35.4 Å². The van der Waals surface area contributed by atoms with Gasteiger partial charge in [0, 0.05) is 11.1 Å². The number of nitrogens with zero attached hydrogens (tertiary/aromatic N) is 1. The number of benzene rings is 1. The van der Waals surface area contributed by atoms with Crippen molar-refractivity contribution in [2.45, 2.75) is 0 Å². The second kappa shape index (κ2) is 5.18. The summed E-state index contributed by atoms with van der Waals surface area (Å²) in [5, 5.41) is 11.0. The van der Waals surface area contributed by atoms with Crippen LogP contribution in [-0.2, 0) is 0 Å². The van der Waals surface area contributed by atoms with Gasteiger partial charge < -0.3 is 19.7 Å². The van der Waals surface area contributed by atoms with Gasteiger partial charge in [0.15, 0.2) is 0 Å². The van der Waals surface area contributed by atoms with Gasteiger partial charge >= 0.3 is 0 Å². The van der Waals surface area contributed by atoms with E-state index in [0.29, 0.717) is 13.1 Å². The number of amides is 1. The molecular formula is C13H16N2O3. The summed E-state index contributed by atoms with van der Waals surface area (Å²) in [6, 6.07) is 6.21. The Morgan fingerprint density at radius 1 is 1.17 bits per heavy atom. The maximum absolute atomic E-state index is 12.3. The standard InChI is InChI=1S/C13H16N2O3/c1-14-6-8-15(9-7-14)12(16)10-4-2-3-5-11(10)13(17)18/h2-5H,6-9H2,1H3,(H,17,18). The van der Waals surface area contributed by atoms with Crippen molar-refractivity contribution in [1.82, 2.24) is 4.90 Å². The van der Waals surface area contributed by atoms with Crippen LogP contribution in [0.5, 0.6) is 0 Å². The molecule has 0 saturated carbocycles. The van der Waals surface area contributed by atoms with Crippen molar-refractivity contribution in [2.75, 3.05) is 33.2 Å². The first-order chi connectivity index (χ1) is 8.59. The van der Waals surface area contributed by atoms with Gasteiger partial charge in [-0.25, -0.2) is 0 Å². The molecule has 1 N–H and O–H groups in total. The first kappa shape index (κ1) is 12.6. The number of nitrogens with one attached hydrogen (secondary N) is 1. The summed E-state index contributed by atoms with van der Waals surface area (Å²) in [6.07, 6.45) is 0. The van der Waals surface area contributed by atoms with Gasteiger partial charge in [0.2, 0.25) is 0 Å². The van der Waals surface area contributed by atoms with E-state index in [-0.39, 0.29) is 17.0 Å². The molecule has 1 aliphatic rings. The van der Waals surface area contributed by atoms with Crippen molar-refractivity contribution in [2.24, 2.45) is 0 Å². The molecular weight excluding hydrogens is 232 g/mol. The molecule has 0 unspecified atom stereocenters.